The molecule has 0 unspecified atom stereocenters. The summed E-state index contributed by atoms with van der Waals surface area (Å²) in [5.41, 5.74) is 6.39. The maximum Gasteiger partial charge on any atom is 0.251 e. The molecule has 2 amide bonds. The minimum atomic E-state index is -0.346. The molecular formula is C13H16ClN3O2. The SMILES string of the molecule is Nc1cc(Cl)cc(C(=O)NCC(=O)N2CCCC2)c1. The fourth-order valence-corrected chi connectivity index (χ4v) is 2.32. The largest absolute Gasteiger partial charge is 0.399 e. The van der Waals surface area contributed by atoms with Crippen molar-refractivity contribution < 1.29 is 9.59 Å². The van der Waals surface area contributed by atoms with Gasteiger partial charge < -0.3 is 16.0 Å². The van der Waals surface area contributed by atoms with Crippen LogP contribution in [0.4, 0.5) is 5.69 Å². The van der Waals surface area contributed by atoms with Gasteiger partial charge in [-0.25, -0.2) is 0 Å². The van der Waals surface area contributed by atoms with E-state index in [9.17, 15) is 9.59 Å². The van der Waals surface area contributed by atoms with E-state index in [2.05, 4.69) is 5.32 Å². The number of likely N-dealkylation sites (tertiary alicyclic amines) is 1. The first-order valence-corrected chi connectivity index (χ1v) is 6.56. The Morgan fingerprint density at radius 2 is 1.95 bits per heavy atom. The molecule has 0 aromatic heterocycles. The fourth-order valence-electron chi connectivity index (χ4n) is 2.08. The van der Waals surface area contributed by atoms with Crippen molar-refractivity contribution >= 4 is 29.1 Å². The van der Waals surface area contributed by atoms with Crippen molar-refractivity contribution in [1.29, 1.82) is 0 Å². The van der Waals surface area contributed by atoms with E-state index in [1.54, 1.807) is 11.0 Å². The smallest absolute Gasteiger partial charge is 0.251 e. The summed E-state index contributed by atoms with van der Waals surface area (Å²) in [5.74, 6) is -0.400. The standard InChI is InChI=1S/C13H16ClN3O2/c14-10-5-9(6-11(15)7-10)13(19)16-8-12(18)17-3-1-2-4-17/h5-7H,1-4,8,15H2,(H,16,19). The van der Waals surface area contributed by atoms with Gasteiger partial charge in [0.1, 0.15) is 0 Å². The van der Waals surface area contributed by atoms with E-state index >= 15 is 0 Å². The molecule has 102 valence electrons. The van der Waals surface area contributed by atoms with E-state index in [0.717, 1.165) is 25.9 Å². The van der Waals surface area contributed by atoms with Crippen molar-refractivity contribution in [2.24, 2.45) is 0 Å². The average Bonchev–Trinajstić information content (AvgIpc) is 2.88. The number of benzene rings is 1. The fraction of sp³-hybridized carbons (Fsp3) is 0.385. The zero-order valence-electron chi connectivity index (χ0n) is 10.5. The molecule has 1 aromatic rings. The van der Waals surface area contributed by atoms with Crippen LogP contribution in [0.3, 0.4) is 0 Å². The van der Waals surface area contributed by atoms with Crippen molar-refractivity contribution in [3.63, 3.8) is 0 Å². The van der Waals surface area contributed by atoms with E-state index in [-0.39, 0.29) is 18.4 Å². The molecule has 0 aliphatic carbocycles. The molecule has 5 nitrogen and oxygen atoms in total. The predicted molar refractivity (Wildman–Crippen MR) is 74.0 cm³/mol. The van der Waals surface area contributed by atoms with Crippen LogP contribution >= 0.6 is 11.6 Å². The van der Waals surface area contributed by atoms with Crippen molar-refractivity contribution in [1.82, 2.24) is 10.2 Å². The van der Waals surface area contributed by atoms with Gasteiger partial charge in [0.05, 0.1) is 6.54 Å². The highest BCUT2D eigenvalue weighted by Gasteiger charge is 2.18. The summed E-state index contributed by atoms with van der Waals surface area (Å²) in [6, 6.07) is 4.61. The molecule has 6 heteroatoms. The molecule has 1 fully saturated rings. The topological polar surface area (TPSA) is 75.4 Å². The second-order valence-corrected chi connectivity index (χ2v) is 4.98. The Hall–Kier alpha value is -1.75. The summed E-state index contributed by atoms with van der Waals surface area (Å²) in [7, 11) is 0. The molecule has 3 N–H and O–H groups in total. The third kappa shape index (κ3) is 3.61. The van der Waals surface area contributed by atoms with Gasteiger partial charge in [-0.2, -0.15) is 0 Å². The number of nitrogens with two attached hydrogens (primary N) is 1. The lowest BCUT2D eigenvalue weighted by Crippen LogP contribution is -2.38. The number of carbonyl (C=O) groups is 2. The lowest BCUT2D eigenvalue weighted by molar-refractivity contribution is -0.129. The number of carbonyl (C=O) groups excluding carboxylic acids is 2. The number of nitrogens with zero attached hydrogens (tertiary/aromatic N) is 1. The minimum Gasteiger partial charge on any atom is -0.399 e. The van der Waals surface area contributed by atoms with E-state index in [1.165, 1.54) is 12.1 Å². The van der Waals surface area contributed by atoms with Gasteiger partial charge in [0.25, 0.3) is 5.91 Å². The highest BCUT2D eigenvalue weighted by atomic mass is 35.5. The second-order valence-electron chi connectivity index (χ2n) is 4.54. The number of nitrogen functional groups attached to an aromatic ring is 1. The molecule has 2 rings (SSSR count). The monoisotopic (exact) mass is 281 g/mol. The molecule has 1 saturated heterocycles. The number of nitrogens with one attached hydrogen (secondary N) is 1. The molecule has 0 spiro atoms. The van der Waals surface area contributed by atoms with Crippen LogP contribution in [0.5, 0.6) is 0 Å². The zero-order chi connectivity index (χ0) is 13.8. The first-order chi connectivity index (χ1) is 9.06. The Morgan fingerprint density at radius 3 is 2.58 bits per heavy atom. The third-order valence-electron chi connectivity index (χ3n) is 3.04. The summed E-state index contributed by atoms with van der Waals surface area (Å²) in [4.78, 5) is 25.4. The number of hydrogen-bond acceptors (Lipinski definition) is 3. The van der Waals surface area contributed by atoms with Crippen LogP contribution < -0.4 is 11.1 Å². The second kappa shape index (κ2) is 5.93. The molecule has 19 heavy (non-hydrogen) atoms. The van der Waals surface area contributed by atoms with Crippen molar-refractivity contribution in [2.45, 2.75) is 12.8 Å². The van der Waals surface area contributed by atoms with Gasteiger partial charge in [0.15, 0.2) is 0 Å². The quantitative estimate of drug-likeness (QED) is 0.820. The van der Waals surface area contributed by atoms with E-state index in [4.69, 9.17) is 17.3 Å². The molecule has 1 aliphatic heterocycles. The molecule has 0 atom stereocenters. The average molecular weight is 282 g/mol. The summed E-state index contributed by atoms with van der Waals surface area (Å²) in [6.45, 7) is 1.56. The van der Waals surface area contributed by atoms with E-state index in [1.807, 2.05) is 0 Å². The molecule has 0 bridgehead atoms. The van der Waals surface area contributed by atoms with Crippen LogP contribution in [-0.2, 0) is 4.79 Å². The molecule has 0 radical (unpaired) electrons. The van der Waals surface area contributed by atoms with Crippen LogP contribution in [0, 0.1) is 0 Å². The van der Waals surface area contributed by atoms with Gasteiger partial charge in [-0.05, 0) is 31.0 Å². The highest BCUT2D eigenvalue weighted by Crippen LogP contribution is 2.16. The Kier molecular flexibility index (Phi) is 4.27. The number of hydrogen-bond donors (Lipinski definition) is 2. The van der Waals surface area contributed by atoms with Gasteiger partial charge in [0, 0.05) is 29.4 Å². The van der Waals surface area contributed by atoms with Crippen molar-refractivity contribution in [3.8, 4) is 0 Å². The maximum absolute atomic E-state index is 11.9. The Balaban J connectivity index is 1.91. The van der Waals surface area contributed by atoms with Gasteiger partial charge >= 0.3 is 0 Å². The van der Waals surface area contributed by atoms with Crippen LogP contribution in [0.25, 0.3) is 0 Å². The summed E-state index contributed by atoms with van der Waals surface area (Å²) < 4.78 is 0. The lowest BCUT2D eigenvalue weighted by Gasteiger charge is -2.15. The van der Waals surface area contributed by atoms with Crippen LogP contribution in [-0.4, -0.2) is 36.3 Å². The van der Waals surface area contributed by atoms with Gasteiger partial charge in [-0.15, -0.1) is 0 Å². The number of rotatable bonds is 3. The maximum atomic E-state index is 11.9. The summed E-state index contributed by atoms with van der Waals surface area (Å²) in [6.07, 6.45) is 2.06. The number of anilines is 1. The van der Waals surface area contributed by atoms with Gasteiger partial charge in [0.2, 0.25) is 5.91 Å². The number of halogens is 1. The first kappa shape index (κ1) is 13.7. The minimum absolute atomic E-state index is 0.00521. The first-order valence-electron chi connectivity index (χ1n) is 6.18. The summed E-state index contributed by atoms with van der Waals surface area (Å²) in [5, 5.41) is 2.98. The van der Waals surface area contributed by atoms with E-state index in [0.29, 0.717) is 16.3 Å². The Morgan fingerprint density at radius 1 is 1.26 bits per heavy atom. The Bertz CT molecular complexity index is 478. The lowest BCUT2D eigenvalue weighted by atomic mass is 10.2. The van der Waals surface area contributed by atoms with Gasteiger partial charge in [-0.1, -0.05) is 11.6 Å². The van der Waals surface area contributed by atoms with Crippen molar-refractivity contribution in [2.75, 3.05) is 25.4 Å². The highest BCUT2D eigenvalue weighted by molar-refractivity contribution is 6.31. The molecule has 0 saturated carbocycles. The number of amides is 2. The molecule has 1 aliphatic rings. The van der Waals surface area contributed by atoms with Crippen LogP contribution in [0.15, 0.2) is 18.2 Å². The van der Waals surface area contributed by atoms with E-state index < -0.39 is 0 Å². The molecular weight excluding hydrogens is 266 g/mol. The van der Waals surface area contributed by atoms with Crippen molar-refractivity contribution in [3.05, 3.63) is 28.8 Å². The third-order valence-corrected chi connectivity index (χ3v) is 3.26. The molecule has 1 aromatic carbocycles. The van der Waals surface area contributed by atoms with Gasteiger partial charge in [-0.3, -0.25) is 9.59 Å². The van der Waals surface area contributed by atoms with Crippen LogP contribution in [0.2, 0.25) is 5.02 Å². The van der Waals surface area contributed by atoms with Crippen LogP contribution in [0.1, 0.15) is 23.2 Å². The zero-order valence-corrected chi connectivity index (χ0v) is 11.2. The predicted octanol–water partition coefficient (Wildman–Crippen LogP) is 1.27. The normalized spacial score (nSPS) is 14.5. The molecule has 1 heterocycles. The Labute approximate surface area is 116 Å². The summed E-state index contributed by atoms with van der Waals surface area (Å²) >= 11 is 5.83.